The number of hydrogen-bond donors (Lipinski definition) is 0. The summed E-state index contributed by atoms with van der Waals surface area (Å²) in [5.74, 6) is 5.86. The minimum absolute atomic E-state index is 0.403. The van der Waals surface area contributed by atoms with Gasteiger partial charge in [0.15, 0.2) is 0 Å². The van der Waals surface area contributed by atoms with Gasteiger partial charge in [-0.1, -0.05) is 50.7 Å². The molecule has 6 atom stereocenters. The first kappa shape index (κ1) is 32.6. The maximum absolute atomic E-state index is 6.49. The van der Waals surface area contributed by atoms with Gasteiger partial charge in [0, 0.05) is 36.0 Å². The molecule has 0 aromatic heterocycles. The second kappa shape index (κ2) is 13.4. The molecule has 50 heavy (non-hydrogen) atoms. The van der Waals surface area contributed by atoms with E-state index in [-0.39, 0.29) is 0 Å². The van der Waals surface area contributed by atoms with Gasteiger partial charge in [-0.25, -0.2) is 0 Å². The summed E-state index contributed by atoms with van der Waals surface area (Å²) >= 11 is 0. The molecule has 0 spiro atoms. The van der Waals surface area contributed by atoms with Crippen LogP contribution in [0.15, 0.2) is 36.4 Å². The number of nitrogens with zero attached hydrogens (tertiary/aromatic N) is 2. The van der Waals surface area contributed by atoms with Gasteiger partial charge in [0.1, 0.15) is 11.5 Å². The van der Waals surface area contributed by atoms with Crippen LogP contribution in [0.2, 0.25) is 0 Å². The molecule has 2 saturated heterocycles. The highest BCUT2D eigenvalue weighted by molar-refractivity contribution is 5.47. The van der Waals surface area contributed by atoms with Crippen LogP contribution in [0.5, 0.6) is 11.5 Å². The number of fused-ring (bicyclic) bond motifs is 2. The Morgan fingerprint density at radius 2 is 1.02 bits per heavy atom. The van der Waals surface area contributed by atoms with Gasteiger partial charge in [-0.15, -0.1) is 0 Å². The van der Waals surface area contributed by atoms with Crippen molar-refractivity contribution in [2.24, 2.45) is 23.7 Å². The lowest BCUT2D eigenvalue weighted by Gasteiger charge is -2.59. The number of benzene rings is 2. The lowest BCUT2D eigenvalue weighted by molar-refractivity contribution is -0.0241. The van der Waals surface area contributed by atoms with Gasteiger partial charge in [-0.2, -0.15) is 0 Å². The van der Waals surface area contributed by atoms with Crippen molar-refractivity contribution in [3.05, 3.63) is 58.7 Å². The lowest BCUT2D eigenvalue weighted by Crippen LogP contribution is -2.61. The molecule has 4 heteroatoms. The third-order valence-electron chi connectivity index (χ3n) is 16.4. The molecule has 4 bridgehead atoms. The first-order chi connectivity index (χ1) is 24.7. The van der Waals surface area contributed by atoms with E-state index in [4.69, 9.17) is 9.47 Å². The van der Waals surface area contributed by atoms with Crippen molar-refractivity contribution in [2.45, 2.75) is 151 Å². The maximum Gasteiger partial charge on any atom is 0.119 e. The highest BCUT2D eigenvalue weighted by atomic mass is 16.5. The third-order valence-corrected chi connectivity index (χ3v) is 16.4. The maximum atomic E-state index is 6.49. The van der Waals surface area contributed by atoms with E-state index in [0.717, 1.165) is 73.3 Å². The molecule has 4 nitrogen and oxygen atoms in total. The molecular weight excluding hydrogens is 613 g/mol. The van der Waals surface area contributed by atoms with Crippen LogP contribution in [0.1, 0.15) is 138 Å². The van der Waals surface area contributed by atoms with E-state index in [0.29, 0.717) is 10.8 Å². The number of likely N-dealkylation sites (tertiary alicyclic amines) is 2. The Labute approximate surface area is 303 Å². The molecule has 10 rings (SSSR count). The smallest absolute Gasteiger partial charge is 0.119 e. The van der Waals surface area contributed by atoms with Crippen LogP contribution < -0.4 is 9.47 Å². The molecule has 2 aromatic rings. The summed E-state index contributed by atoms with van der Waals surface area (Å²) in [6, 6.07) is 16.0. The van der Waals surface area contributed by atoms with Crippen molar-refractivity contribution in [2.75, 3.05) is 39.4 Å². The van der Waals surface area contributed by atoms with Crippen molar-refractivity contribution in [1.29, 1.82) is 0 Å². The second-order valence-electron chi connectivity index (χ2n) is 18.7. The summed E-state index contributed by atoms with van der Waals surface area (Å²) in [7, 11) is 0. The number of hydrogen-bond acceptors (Lipinski definition) is 4. The second-order valence-corrected chi connectivity index (χ2v) is 18.7. The minimum Gasteiger partial charge on any atom is -0.494 e. The van der Waals surface area contributed by atoms with E-state index in [1.165, 1.54) is 142 Å². The predicted molar refractivity (Wildman–Crippen MR) is 202 cm³/mol. The zero-order valence-corrected chi connectivity index (χ0v) is 31.0. The highest BCUT2D eigenvalue weighted by Crippen LogP contribution is 2.58. The average molecular weight is 677 g/mol. The molecule has 0 amide bonds. The van der Waals surface area contributed by atoms with Gasteiger partial charge in [0.25, 0.3) is 0 Å². The fourth-order valence-electron chi connectivity index (χ4n) is 13.4. The molecule has 2 heterocycles. The van der Waals surface area contributed by atoms with Crippen LogP contribution in [0.25, 0.3) is 0 Å². The quantitative estimate of drug-likeness (QED) is 0.221. The predicted octanol–water partition coefficient (Wildman–Crippen LogP) is 9.64. The number of rotatable bonds is 11. The molecule has 8 aliphatic rings. The molecule has 2 aliphatic heterocycles. The highest BCUT2D eigenvalue weighted by Gasteiger charge is 2.55. The van der Waals surface area contributed by atoms with Crippen LogP contribution >= 0.6 is 0 Å². The normalized spacial score (nSPS) is 35.1. The van der Waals surface area contributed by atoms with E-state index < -0.39 is 0 Å². The first-order valence-electron chi connectivity index (χ1n) is 21.7. The van der Waals surface area contributed by atoms with E-state index in [9.17, 15) is 0 Å². The topological polar surface area (TPSA) is 24.9 Å². The lowest BCUT2D eigenvalue weighted by atomic mass is 9.52. The summed E-state index contributed by atoms with van der Waals surface area (Å²) < 4.78 is 13.0. The Hall–Kier alpha value is -2.04. The van der Waals surface area contributed by atoms with Gasteiger partial charge < -0.3 is 9.47 Å². The molecular formula is C46H64N2O2. The SMILES string of the molecule is c1cc2c(cc1OCCCCOc1ccc3c(c1)[C@@]14CCCC[C@H]1[C@H](C3)N(CC1CCC1)CC4)[C@@]13CCCC[C@H]1[C@H](C2)N(CC1CCC1)CC3. The minimum atomic E-state index is 0.403. The van der Waals surface area contributed by atoms with Crippen molar-refractivity contribution in [1.82, 2.24) is 9.80 Å². The molecule has 0 radical (unpaired) electrons. The average Bonchev–Trinajstić information content (AvgIpc) is 3.11. The molecule has 270 valence electrons. The van der Waals surface area contributed by atoms with Crippen LogP contribution in [0.3, 0.4) is 0 Å². The molecule has 2 aromatic carbocycles. The van der Waals surface area contributed by atoms with E-state index in [2.05, 4.69) is 46.2 Å². The summed E-state index contributed by atoms with van der Waals surface area (Å²) in [4.78, 5) is 5.89. The van der Waals surface area contributed by atoms with Gasteiger partial charge in [0.2, 0.25) is 0 Å². The molecule has 6 aliphatic carbocycles. The summed E-state index contributed by atoms with van der Waals surface area (Å²) in [5, 5.41) is 0. The Morgan fingerprint density at radius 1 is 0.540 bits per heavy atom. The number of ether oxygens (including phenoxy) is 2. The van der Waals surface area contributed by atoms with Crippen molar-refractivity contribution in [3.63, 3.8) is 0 Å². The van der Waals surface area contributed by atoms with E-state index in [1.807, 2.05) is 0 Å². The van der Waals surface area contributed by atoms with Crippen molar-refractivity contribution < 1.29 is 9.47 Å². The fraction of sp³-hybridized carbons (Fsp3) is 0.739. The Kier molecular flexibility index (Phi) is 8.75. The van der Waals surface area contributed by atoms with Crippen LogP contribution in [0, 0.1) is 23.7 Å². The number of piperidine rings is 2. The standard InChI is InChI=1S/C46H64N2O2/c1-3-19-45-21-23-47(31-33-9-7-10-33)43(39(45)13-1)27-35-15-17-37(29-41(35)45)49-25-5-6-26-50-38-18-16-36-28-44-40-14-2-4-20-46(40,42(36)30-38)22-24-48(44)32-34-11-8-12-34/h15-18,29-30,33-34,39-40,43-44H,1-14,19-28,31-32H2/t39-,40-,43-,44-,45+,46+/m0/s1. The van der Waals surface area contributed by atoms with Crippen LogP contribution in [0.4, 0.5) is 0 Å². The van der Waals surface area contributed by atoms with Crippen molar-refractivity contribution in [3.8, 4) is 11.5 Å². The first-order valence-corrected chi connectivity index (χ1v) is 21.7. The Morgan fingerprint density at radius 3 is 1.46 bits per heavy atom. The monoisotopic (exact) mass is 676 g/mol. The molecule has 0 unspecified atom stereocenters. The van der Waals surface area contributed by atoms with Crippen molar-refractivity contribution >= 4 is 0 Å². The van der Waals surface area contributed by atoms with Crippen LogP contribution in [-0.2, 0) is 23.7 Å². The van der Waals surface area contributed by atoms with Gasteiger partial charge in [-0.05, 0) is 173 Å². The van der Waals surface area contributed by atoms with Gasteiger partial charge in [-0.3, -0.25) is 9.80 Å². The largest absolute Gasteiger partial charge is 0.494 e. The number of unbranched alkanes of at least 4 members (excludes halogenated alkanes) is 1. The Bertz CT molecular complexity index is 1420. The zero-order chi connectivity index (χ0) is 33.1. The molecule has 4 saturated carbocycles. The summed E-state index contributed by atoms with van der Waals surface area (Å²) in [5.41, 5.74) is 7.41. The molecule has 6 fully saturated rings. The third kappa shape index (κ3) is 5.59. The summed E-state index contributed by atoms with van der Waals surface area (Å²) in [6.45, 7) is 6.92. The summed E-state index contributed by atoms with van der Waals surface area (Å²) in [6.07, 6.45) is 27.4. The van der Waals surface area contributed by atoms with E-state index in [1.54, 1.807) is 22.3 Å². The molecule has 0 N–H and O–H groups in total. The Balaban J connectivity index is 0.752. The van der Waals surface area contributed by atoms with Crippen LogP contribution in [-0.4, -0.2) is 61.3 Å². The fourth-order valence-corrected chi connectivity index (χ4v) is 13.4. The zero-order valence-electron chi connectivity index (χ0n) is 31.0. The van der Waals surface area contributed by atoms with Gasteiger partial charge >= 0.3 is 0 Å². The van der Waals surface area contributed by atoms with E-state index >= 15 is 0 Å². The van der Waals surface area contributed by atoms with Gasteiger partial charge in [0.05, 0.1) is 13.2 Å².